The number of halogens is 2. The maximum Gasteiger partial charge on any atom is 0.238 e. The Kier molecular flexibility index (Phi) is 5.34. The van der Waals surface area contributed by atoms with Gasteiger partial charge in [-0.3, -0.25) is 9.69 Å². The van der Waals surface area contributed by atoms with Crippen molar-refractivity contribution in [2.45, 2.75) is 19.4 Å². The summed E-state index contributed by atoms with van der Waals surface area (Å²) in [6.07, 6.45) is 1.06. The molecule has 110 valence electrons. The lowest BCUT2D eigenvalue weighted by Gasteiger charge is -2.26. The summed E-state index contributed by atoms with van der Waals surface area (Å²) in [6, 6.07) is 4.58. The molecule has 0 saturated carbocycles. The molecule has 1 aromatic carbocycles. The molecule has 2 rings (SSSR count). The van der Waals surface area contributed by atoms with Gasteiger partial charge in [-0.15, -0.1) is 0 Å². The largest absolute Gasteiger partial charge is 0.325 e. The second-order valence-corrected chi connectivity index (χ2v) is 5.29. The third-order valence-electron chi connectivity index (χ3n) is 3.51. The number of benzene rings is 1. The Hall–Kier alpha value is -1.17. The van der Waals surface area contributed by atoms with Crippen LogP contribution in [0.2, 0.25) is 5.02 Å². The Morgan fingerprint density at radius 3 is 3.00 bits per heavy atom. The van der Waals surface area contributed by atoms with Crippen molar-refractivity contribution in [3.8, 4) is 0 Å². The van der Waals surface area contributed by atoms with Gasteiger partial charge >= 0.3 is 0 Å². The van der Waals surface area contributed by atoms with Crippen molar-refractivity contribution in [1.82, 2.24) is 10.2 Å². The minimum absolute atomic E-state index is 0.00939. The molecule has 1 aliphatic heterocycles. The number of carbonyl (C=O) groups is 1. The van der Waals surface area contributed by atoms with E-state index in [0.29, 0.717) is 18.3 Å². The number of carbonyl (C=O) groups excluding carboxylic acids is 1. The molecule has 1 aromatic rings. The zero-order valence-corrected chi connectivity index (χ0v) is 12.2. The second-order valence-electron chi connectivity index (χ2n) is 4.89. The lowest BCUT2D eigenvalue weighted by atomic mass is 10.2. The van der Waals surface area contributed by atoms with Crippen LogP contribution < -0.4 is 10.6 Å². The van der Waals surface area contributed by atoms with Crippen molar-refractivity contribution in [3.05, 3.63) is 29.0 Å². The summed E-state index contributed by atoms with van der Waals surface area (Å²) in [7, 11) is 0. The third kappa shape index (κ3) is 3.91. The molecule has 0 bridgehead atoms. The predicted molar refractivity (Wildman–Crippen MR) is 78.6 cm³/mol. The Bertz CT molecular complexity index is 477. The van der Waals surface area contributed by atoms with E-state index in [1.165, 1.54) is 18.2 Å². The number of rotatable bonds is 5. The van der Waals surface area contributed by atoms with Crippen LogP contribution in [0.25, 0.3) is 0 Å². The number of nitrogens with zero attached hydrogens (tertiary/aromatic N) is 1. The maximum atomic E-state index is 13.0. The van der Waals surface area contributed by atoms with Crippen LogP contribution in [0, 0.1) is 5.82 Å². The summed E-state index contributed by atoms with van der Waals surface area (Å²) >= 11 is 5.69. The molecule has 1 unspecified atom stereocenters. The highest BCUT2D eigenvalue weighted by atomic mass is 35.5. The number of anilines is 1. The lowest BCUT2D eigenvalue weighted by Crippen LogP contribution is -2.41. The van der Waals surface area contributed by atoms with Crippen molar-refractivity contribution < 1.29 is 9.18 Å². The first-order valence-corrected chi connectivity index (χ1v) is 7.17. The van der Waals surface area contributed by atoms with Crippen LogP contribution in [0.1, 0.15) is 13.3 Å². The number of hydrogen-bond donors (Lipinski definition) is 2. The van der Waals surface area contributed by atoms with Gasteiger partial charge in [0.25, 0.3) is 0 Å². The van der Waals surface area contributed by atoms with Gasteiger partial charge in [-0.2, -0.15) is 0 Å². The van der Waals surface area contributed by atoms with Gasteiger partial charge in [0, 0.05) is 18.3 Å². The van der Waals surface area contributed by atoms with Crippen molar-refractivity contribution in [2.24, 2.45) is 0 Å². The lowest BCUT2D eigenvalue weighted by molar-refractivity contribution is -0.117. The first kappa shape index (κ1) is 15.2. The van der Waals surface area contributed by atoms with Gasteiger partial charge in [-0.1, -0.05) is 18.5 Å². The maximum absolute atomic E-state index is 13.0. The van der Waals surface area contributed by atoms with Crippen LogP contribution in [0.15, 0.2) is 18.2 Å². The molecule has 1 saturated heterocycles. The van der Waals surface area contributed by atoms with Gasteiger partial charge in [-0.05, 0) is 37.7 Å². The van der Waals surface area contributed by atoms with E-state index >= 15 is 0 Å². The zero-order chi connectivity index (χ0) is 14.5. The molecule has 1 heterocycles. The number of nitrogens with one attached hydrogen (secondary N) is 2. The fraction of sp³-hybridized carbons (Fsp3) is 0.500. The molecular formula is C14H19ClFN3O. The van der Waals surface area contributed by atoms with Crippen molar-refractivity contribution in [2.75, 3.05) is 31.5 Å². The highest BCUT2D eigenvalue weighted by Crippen LogP contribution is 2.19. The van der Waals surface area contributed by atoms with Crippen molar-refractivity contribution >= 4 is 23.2 Å². The zero-order valence-electron chi connectivity index (χ0n) is 11.5. The number of likely N-dealkylation sites (N-methyl/N-ethyl adjacent to an activating group) is 1. The molecule has 4 nitrogen and oxygen atoms in total. The summed E-state index contributed by atoms with van der Waals surface area (Å²) in [5.74, 6) is -0.599. The monoisotopic (exact) mass is 299 g/mol. The first-order valence-electron chi connectivity index (χ1n) is 6.80. The molecule has 0 aromatic heterocycles. The van der Waals surface area contributed by atoms with E-state index in [1.54, 1.807) is 0 Å². The standard InChI is InChI=1S/C14H19ClFN3O/c1-2-19(11-5-6-17-8-11)9-14(20)18-10-3-4-13(16)12(15)7-10/h3-4,7,11,17H,2,5-6,8-9H2,1H3,(H,18,20). The topological polar surface area (TPSA) is 44.4 Å². The van der Waals surface area contributed by atoms with E-state index in [4.69, 9.17) is 11.6 Å². The van der Waals surface area contributed by atoms with Gasteiger partial charge in [0.2, 0.25) is 5.91 Å². The number of hydrogen-bond acceptors (Lipinski definition) is 3. The van der Waals surface area contributed by atoms with E-state index in [1.807, 2.05) is 6.92 Å². The Morgan fingerprint density at radius 1 is 1.60 bits per heavy atom. The van der Waals surface area contributed by atoms with Crippen molar-refractivity contribution in [3.63, 3.8) is 0 Å². The van der Waals surface area contributed by atoms with Gasteiger partial charge in [0.05, 0.1) is 11.6 Å². The molecule has 0 radical (unpaired) electrons. The van der Waals surface area contributed by atoms with Crippen LogP contribution in [0.5, 0.6) is 0 Å². The van der Waals surface area contributed by atoms with Gasteiger partial charge in [0.1, 0.15) is 5.82 Å². The highest BCUT2D eigenvalue weighted by Gasteiger charge is 2.22. The summed E-state index contributed by atoms with van der Waals surface area (Å²) in [6.45, 7) is 5.11. The van der Waals surface area contributed by atoms with Crippen molar-refractivity contribution in [1.29, 1.82) is 0 Å². The Balaban J connectivity index is 1.91. The average molecular weight is 300 g/mol. The molecule has 0 spiro atoms. The van der Waals surface area contributed by atoms with Gasteiger partial charge < -0.3 is 10.6 Å². The molecule has 2 N–H and O–H groups in total. The van der Waals surface area contributed by atoms with Gasteiger partial charge in [-0.25, -0.2) is 4.39 Å². The Labute approximate surface area is 123 Å². The smallest absolute Gasteiger partial charge is 0.238 e. The summed E-state index contributed by atoms with van der Waals surface area (Å²) in [5, 5.41) is 6.05. The molecule has 20 heavy (non-hydrogen) atoms. The second kappa shape index (κ2) is 7.02. The summed E-state index contributed by atoms with van der Waals surface area (Å²) in [5.41, 5.74) is 0.516. The SMILES string of the molecule is CCN(CC(=O)Nc1ccc(F)c(Cl)c1)C1CCNC1. The molecule has 1 atom stereocenters. The fourth-order valence-corrected chi connectivity index (χ4v) is 2.59. The quantitative estimate of drug-likeness (QED) is 0.875. The molecule has 0 aliphatic carbocycles. The average Bonchev–Trinajstić information content (AvgIpc) is 2.94. The molecule has 1 amide bonds. The van der Waals surface area contributed by atoms with Crippen LogP contribution in [-0.2, 0) is 4.79 Å². The summed E-state index contributed by atoms with van der Waals surface area (Å²) in [4.78, 5) is 14.2. The molecule has 1 aliphatic rings. The van der Waals surface area contributed by atoms with E-state index in [2.05, 4.69) is 15.5 Å². The predicted octanol–water partition coefficient (Wildman–Crippen LogP) is 2.10. The molecular weight excluding hydrogens is 281 g/mol. The van der Waals surface area contributed by atoms with E-state index in [0.717, 1.165) is 26.1 Å². The van der Waals surface area contributed by atoms with Crippen LogP contribution in [0.3, 0.4) is 0 Å². The third-order valence-corrected chi connectivity index (χ3v) is 3.80. The molecule has 1 fully saturated rings. The van der Waals surface area contributed by atoms with Gasteiger partial charge in [0.15, 0.2) is 0 Å². The van der Waals surface area contributed by atoms with Crippen LogP contribution >= 0.6 is 11.6 Å². The normalized spacial score (nSPS) is 18.5. The number of amides is 1. The van der Waals surface area contributed by atoms with Crippen LogP contribution in [0.4, 0.5) is 10.1 Å². The minimum Gasteiger partial charge on any atom is -0.325 e. The van der Waals surface area contributed by atoms with E-state index in [9.17, 15) is 9.18 Å². The fourth-order valence-electron chi connectivity index (χ4n) is 2.41. The highest BCUT2D eigenvalue weighted by molar-refractivity contribution is 6.31. The van der Waals surface area contributed by atoms with E-state index in [-0.39, 0.29) is 10.9 Å². The van der Waals surface area contributed by atoms with Crippen LogP contribution in [-0.4, -0.2) is 43.0 Å². The Morgan fingerprint density at radius 2 is 2.40 bits per heavy atom. The minimum atomic E-state index is -0.489. The van der Waals surface area contributed by atoms with E-state index < -0.39 is 5.82 Å². The first-order chi connectivity index (χ1) is 9.60. The molecule has 6 heteroatoms. The summed E-state index contributed by atoms with van der Waals surface area (Å²) < 4.78 is 13.0.